The number of alkyl halides is 3. The van der Waals surface area contributed by atoms with Crippen molar-refractivity contribution < 1.29 is 22.7 Å². The maximum Gasteiger partial charge on any atom is 0.411 e. The number of hydrogen-bond donors (Lipinski definition) is 0. The van der Waals surface area contributed by atoms with Crippen molar-refractivity contribution >= 4 is 5.78 Å². The van der Waals surface area contributed by atoms with Gasteiger partial charge in [0, 0.05) is 12.8 Å². The minimum absolute atomic E-state index is 0.0638. The number of hydrogen-bond acceptors (Lipinski definition) is 2. The maximum absolute atomic E-state index is 11.5. The quantitative estimate of drug-likeness (QED) is 0.620. The van der Waals surface area contributed by atoms with Crippen molar-refractivity contribution in [3.63, 3.8) is 0 Å². The summed E-state index contributed by atoms with van der Waals surface area (Å²) in [7, 11) is 0. The first-order valence-corrected chi connectivity index (χ1v) is 3.55. The highest BCUT2D eigenvalue weighted by molar-refractivity contribution is 5.79. The lowest BCUT2D eigenvalue weighted by molar-refractivity contribution is -0.175. The molecule has 0 unspecified atom stereocenters. The SMILES string of the molecule is C#CCCC(=O)COCC(F)(F)F. The average Bonchev–Trinajstić information content (AvgIpc) is 1.98. The number of ether oxygens (including phenoxy) is 1. The standard InChI is InChI=1S/C8H9F3O2/c1-2-3-4-7(12)5-13-6-8(9,10)11/h1H,3-6H2. The second kappa shape index (κ2) is 5.60. The zero-order chi connectivity index (χ0) is 10.3. The van der Waals surface area contributed by atoms with Gasteiger partial charge in [0.05, 0.1) is 0 Å². The molecule has 74 valence electrons. The largest absolute Gasteiger partial charge is 0.411 e. The molecule has 2 nitrogen and oxygen atoms in total. The first-order chi connectivity index (χ1) is 5.95. The van der Waals surface area contributed by atoms with E-state index in [1.807, 2.05) is 0 Å². The molecular formula is C8H9F3O2. The fourth-order valence-electron chi connectivity index (χ4n) is 0.564. The fraction of sp³-hybridized carbons (Fsp3) is 0.625. The number of terminal acetylenes is 1. The number of carbonyl (C=O) groups is 1. The van der Waals surface area contributed by atoms with Gasteiger partial charge in [-0.3, -0.25) is 4.79 Å². The van der Waals surface area contributed by atoms with Gasteiger partial charge in [0.1, 0.15) is 13.2 Å². The zero-order valence-corrected chi connectivity index (χ0v) is 6.86. The molecule has 0 radical (unpaired) electrons. The van der Waals surface area contributed by atoms with Gasteiger partial charge in [-0.1, -0.05) is 0 Å². The lowest BCUT2D eigenvalue weighted by Gasteiger charge is -2.05. The van der Waals surface area contributed by atoms with Crippen molar-refractivity contribution in [1.82, 2.24) is 0 Å². The molecule has 0 aromatic carbocycles. The summed E-state index contributed by atoms with van der Waals surface area (Å²) in [6.45, 7) is -1.92. The van der Waals surface area contributed by atoms with Crippen LogP contribution in [0.1, 0.15) is 12.8 Å². The lowest BCUT2D eigenvalue weighted by Crippen LogP contribution is -2.20. The number of halogens is 3. The Bertz CT molecular complexity index is 202. The molecule has 0 amide bonds. The molecule has 0 saturated heterocycles. The number of rotatable bonds is 5. The van der Waals surface area contributed by atoms with Crippen LogP contribution in [0.5, 0.6) is 0 Å². The van der Waals surface area contributed by atoms with Gasteiger partial charge in [0.25, 0.3) is 0 Å². The second-order valence-electron chi connectivity index (χ2n) is 2.35. The summed E-state index contributed by atoms with van der Waals surface area (Å²) in [6, 6.07) is 0. The van der Waals surface area contributed by atoms with Crippen molar-refractivity contribution in [3.8, 4) is 12.3 Å². The summed E-state index contributed by atoms with van der Waals surface area (Å²) in [5.41, 5.74) is 0. The van der Waals surface area contributed by atoms with Crippen molar-refractivity contribution in [2.24, 2.45) is 0 Å². The Kier molecular flexibility index (Phi) is 5.16. The van der Waals surface area contributed by atoms with Crippen LogP contribution in [0.25, 0.3) is 0 Å². The van der Waals surface area contributed by atoms with Crippen LogP contribution in [0, 0.1) is 12.3 Å². The van der Waals surface area contributed by atoms with Crippen molar-refractivity contribution in [2.45, 2.75) is 19.0 Å². The van der Waals surface area contributed by atoms with E-state index >= 15 is 0 Å². The third-order valence-electron chi connectivity index (χ3n) is 1.08. The smallest absolute Gasteiger partial charge is 0.364 e. The first-order valence-electron chi connectivity index (χ1n) is 3.55. The third kappa shape index (κ3) is 8.89. The summed E-state index contributed by atoms with van der Waals surface area (Å²) in [5.74, 6) is 1.79. The molecule has 0 aromatic rings. The van der Waals surface area contributed by atoms with E-state index in [9.17, 15) is 18.0 Å². The molecule has 0 bridgehead atoms. The van der Waals surface area contributed by atoms with Gasteiger partial charge in [-0.05, 0) is 0 Å². The van der Waals surface area contributed by atoms with Crippen LogP contribution in [0.2, 0.25) is 0 Å². The molecule has 0 fully saturated rings. The normalized spacial score (nSPS) is 10.9. The van der Waals surface area contributed by atoms with Gasteiger partial charge in [-0.25, -0.2) is 0 Å². The predicted octanol–water partition coefficient (Wildman–Crippen LogP) is 1.55. The molecule has 0 rings (SSSR count). The van der Waals surface area contributed by atoms with Gasteiger partial charge in [-0.2, -0.15) is 13.2 Å². The van der Waals surface area contributed by atoms with Crippen molar-refractivity contribution in [3.05, 3.63) is 0 Å². The second-order valence-corrected chi connectivity index (χ2v) is 2.35. The molecule has 0 spiro atoms. The molecule has 0 aromatic heterocycles. The van der Waals surface area contributed by atoms with E-state index in [0.717, 1.165) is 0 Å². The molecule has 0 N–H and O–H groups in total. The highest BCUT2D eigenvalue weighted by Crippen LogP contribution is 2.14. The minimum Gasteiger partial charge on any atom is -0.364 e. The summed E-state index contributed by atoms with van der Waals surface area (Å²) in [4.78, 5) is 10.7. The molecule has 0 aliphatic rings. The number of Topliss-reactive ketones (excluding diaryl/α,β-unsaturated/α-hetero) is 1. The monoisotopic (exact) mass is 194 g/mol. The maximum atomic E-state index is 11.5. The summed E-state index contributed by atoms with van der Waals surface area (Å²) >= 11 is 0. The van der Waals surface area contributed by atoms with Gasteiger partial charge >= 0.3 is 6.18 Å². The topological polar surface area (TPSA) is 26.3 Å². The van der Waals surface area contributed by atoms with E-state index in [1.54, 1.807) is 0 Å². The van der Waals surface area contributed by atoms with E-state index < -0.39 is 25.2 Å². The first kappa shape index (κ1) is 12.0. The van der Waals surface area contributed by atoms with Gasteiger partial charge in [0.15, 0.2) is 5.78 Å². The average molecular weight is 194 g/mol. The Morgan fingerprint density at radius 2 is 2.08 bits per heavy atom. The van der Waals surface area contributed by atoms with Crippen LogP contribution in [0.15, 0.2) is 0 Å². The Labute approximate surface area is 74.1 Å². The number of ketones is 1. The van der Waals surface area contributed by atoms with Gasteiger partial charge in [0.2, 0.25) is 0 Å². The Morgan fingerprint density at radius 3 is 2.54 bits per heavy atom. The molecule has 13 heavy (non-hydrogen) atoms. The highest BCUT2D eigenvalue weighted by Gasteiger charge is 2.27. The summed E-state index contributed by atoms with van der Waals surface area (Å²) < 4.78 is 38.6. The number of carbonyl (C=O) groups excluding carboxylic acids is 1. The molecule has 0 aliphatic carbocycles. The van der Waals surface area contributed by atoms with Crippen LogP contribution in [0.4, 0.5) is 13.2 Å². The Hall–Kier alpha value is -1.02. The van der Waals surface area contributed by atoms with E-state index in [0.29, 0.717) is 0 Å². The van der Waals surface area contributed by atoms with Crippen molar-refractivity contribution in [1.29, 1.82) is 0 Å². The molecule has 0 aliphatic heterocycles. The summed E-state index contributed by atoms with van der Waals surface area (Å²) in [5, 5.41) is 0. The molecule has 0 atom stereocenters. The fourth-order valence-corrected chi connectivity index (χ4v) is 0.564. The van der Waals surface area contributed by atoms with Crippen LogP contribution >= 0.6 is 0 Å². The lowest BCUT2D eigenvalue weighted by atomic mass is 10.2. The minimum atomic E-state index is -4.38. The van der Waals surface area contributed by atoms with E-state index in [2.05, 4.69) is 10.7 Å². The van der Waals surface area contributed by atoms with E-state index in [1.165, 1.54) is 0 Å². The van der Waals surface area contributed by atoms with E-state index in [4.69, 9.17) is 6.42 Å². The highest BCUT2D eigenvalue weighted by atomic mass is 19.4. The zero-order valence-electron chi connectivity index (χ0n) is 6.86. The van der Waals surface area contributed by atoms with Gasteiger partial charge in [-0.15, -0.1) is 12.3 Å². The Balaban J connectivity index is 3.44. The molecule has 0 heterocycles. The molecular weight excluding hydrogens is 185 g/mol. The predicted molar refractivity (Wildman–Crippen MR) is 39.9 cm³/mol. The molecule has 5 heteroatoms. The van der Waals surface area contributed by atoms with Crippen LogP contribution in [0.3, 0.4) is 0 Å². The van der Waals surface area contributed by atoms with Gasteiger partial charge < -0.3 is 4.74 Å². The third-order valence-corrected chi connectivity index (χ3v) is 1.08. The van der Waals surface area contributed by atoms with Crippen molar-refractivity contribution in [2.75, 3.05) is 13.2 Å². The van der Waals surface area contributed by atoms with Crippen LogP contribution < -0.4 is 0 Å². The summed E-state index contributed by atoms with van der Waals surface area (Å²) in [6.07, 6.45) is 0.763. The van der Waals surface area contributed by atoms with E-state index in [-0.39, 0.29) is 12.8 Å². The van der Waals surface area contributed by atoms with Crippen LogP contribution in [-0.2, 0) is 9.53 Å². The molecule has 0 saturated carbocycles. The van der Waals surface area contributed by atoms with Crippen LogP contribution in [-0.4, -0.2) is 25.2 Å². The Morgan fingerprint density at radius 1 is 1.46 bits per heavy atom.